The Balaban J connectivity index is 1.73. The maximum absolute atomic E-state index is 12.9. The van der Waals surface area contributed by atoms with E-state index in [0.717, 1.165) is 43.0 Å². The zero-order valence-electron chi connectivity index (χ0n) is 16.6. The van der Waals surface area contributed by atoms with E-state index in [1.807, 2.05) is 48.9 Å². The molecule has 1 saturated carbocycles. The lowest BCUT2D eigenvalue weighted by Gasteiger charge is -2.31. The van der Waals surface area contributed by atoms with E-state index in [4.69, 9.17) is 0 Å². The molecule has 0 bridgehead atoms. The zero-order valence-corrected chi connectivity index (χ0v) is 16.6. The van der Waals surface area contributed by atoms with E-state index in [1.165, 1.54) is 0 Å². The summed E-state index contributed by atoms with van der Waals surface area (Å²) in [6.45, 7) is 1.99. The highest BCUT2D eigenvalue weighted by Crippen LogP contribution is 2.26. The van der Waals surface area contributed by atoms with Gasteiger partial charge in [0.1, 0.15) is 11.7 Å². The molecule has 3 atom stereocenters. The number of hydrogen-bond donors (Lipinski definition) is 2. The molecule has 0 aliphatic heterocycles. The van der Waals surface area contributed by atoms with Gasteiger partial charge in [0.2, 0.25) is 5.91 Å². The standard InChI is InChI=1S/C22H28N4O2/c1-3-8-16(14-23)24-21(27)17-10-5-6-11-18(17)25-22(28)20-13-15-9-4-7-12-19(15)26(20)2/h4,7,9,12-13,16-18H,3,5-6,8,10-11H2,1-2H3,(H,24,27)(H,25,28)/t16-,17+,18-/m0/s1. The molecule has 1 aromatic carbocycles. The van der Waals surface area contributed by atoms with Crippen LogP contribution in [0.1, 0.15) is 55.9 Å². The second kappa shape index (κ2) is 8.92. The van der Waals surface area contributed by atoms with Gasteiger partial charge in [-0.05, 0) is 31.4 Å². The molecule has 3 rings (SSSR count). The van der Waals surface area contributed by atoms with Crippen LogP contribution in [0.25, 0.3) is 10.9 Å². The minimum absolute atomic E-state index is 0.123. The molecule has 2 amide bonds. The number of nitriles is 1. The van der Waals surface area contributed by atoms with Crippen molar-refractivity contribution in [3.8, 4) is 6.07 Å². The topological polar surface area (TPSA) is 86.9 Å². The second-order valence-electron chi connectivity index (χ2n) is 7.60. The average molecular weight is 380 g/mol. The first-order valence-corrected chi connectivity index (χ1v) is 10.1. The van der Waals surface area contributed by atoms with Crippen LogP contribution in [0, 0.1) is 17.2 Å². The molecule has 1 aliphatic carbocycles. The van der Waals surface area contributed by atoms with Crippen LogP contribution in [0.15, 0.2) is 30.3 Å². The van der Waals surface area contributed by atoms with Crippen molar-refractivity contribution in [2.45, 2.75) is 57.5 Å². The van der Waals surface area contributed by atoms with Crippen LogP contribution in [0.3, 0.4) is 0 Å². The normalized spacial score (nSPS) is 20.3. The van der Waals surface area contributed by atoms with E-state index in [9.17, 15) is 14.9 Å². The lowest BCUT2D eigenvalue weighted by molar-refractivity contribution is -0.127. The van der Waals surface area contributed by atoms with Gasteiger partial charge in [0.05, 0.1) is 12.0 Å². The minimum atomic E-state index is -0.464. The Morgan fingerprint density at radius 3 is 2.75 bits per heavy atom. The Morgan fingerprint density at radius 1 is 1.29 bits per heavy atom. The molecule has 1 aromatic heterocycles. The number of para-hydroxylation sites is 1. The van der Waals surface area contributed by atoms with Gasteiger partial charge in [0.15, 0.2) is 0 Å². The summed E-state index contributed by atoms with van der Waals surface area (Å²) in [4.78, 5) is 25.7. The molecular formula is C22H28N4O2. The first-order chi connectivity index (χ1) is 13.5. The Hall–Kier alpha value is -2.81. The van der Waals surface area contributed by atoms with Gasteiger partial charge in [-0.15, -0.1) is 0 Å². The van der Waals surface area contributed by atoms with Crippen molar-refractivity contribution in [2.75, 3.05) is 0 Å². The fourth-order valence-corrected chi connectivity index (χ4v) is 4.10. The highest BCUT2D eigenvalue weighted by molar-refractivity contribution is 5.99. The van der Waals surface area contributed by atoms with Gasteiger partial charge < -0.3 is 15.2 Å². The van der Waals surface area contributed by atoms with Crippen molar-refractivity contribution in [3.05, 3.63) is 36.0 Å². The van der Waals surface area contributed by atoms with Crippen LogP contribution < -0.4 is 10.6 Å². The third-order valence-corrected chi connectivity index (χ3v) is 5.65. The van der Waals surface area contributed by atoms with Crippen LogP contribution in [0.5, 0.6) is 0 Å². The lowest BCUT2D eigenvalue weighted by Crippen LogP contribution is -2.50. The van der Waals surface area contributed by atoms with Crippen molar-refractivity contribution >= 4 is 22.7 Å². The first-order valence-electron chi connectivity index (χ1n) is 10.1. The Labute approximate surface area is 165 Å². The summed E-state index contributed by atoms with van der Waals surface area (Å²) >= 11 is 0. The van der Waals surface area contributed by atoms with Crippen molar-refractivity contribution in [3.63, 3.8) is 0 Å². The smallest absolute Gasteiger partial charge is 0.268 e. The van der Waals surface area contributed by atoms with Gasteiger partial charge in [-0.1, -0.05) is 44.4 Å². The Kier molecular flexibility index (Phi) is 6.35. The molecule has 1 fully saturated rings. The molecule has 28 heavy (non-hydrogen) atoms. The lowest BCUT2D eigenvalue weighted by atomic mass is 9.83. The van der Waals surface area contributed by atoms with Gasteiger partial charge in [0, 0.05) is 24.0 Å². The number of hydrogen-bond acceptors (Lipinski definition) is 3. The van der Waals surface area contributed by atoms with Gasteiger partial charge >= 0.3 is 0 Å². The van der Waals surface area contributed by atoms with E-state index in [2.05, 4.69) is 16.7 Å². The minimum Gasteiger partial charge on any atom is -0.347 e. The second-order valence-corrected chi connectivity index (χ2v) is 7.60. The molecule has 0 spiro atoms. The van der Waals surface area contributed by atoms with Crippen LogP contribution in [-0.4, -0.2) is 28.5 Å². The van der Waals surface area contributed by atoms with E-state index >= 15 is 0 Å². The quantitative estimate of drug-likeness (QED) is 0.806. The van der Waals surface area contributed by atoms with Crippen LogP contribution in [0.4, 0.5) is 0 Å². The number of aromatic nitrogens is 1. The third-order valence-electron chi connectivity index (χ3n) is 5.65. The SMILES string of the molecule is CCC[C@@H](C#N)NC(=O)[C@@H]1CCCC[C@@H]1NC(=O)c1cc2ccccc2n1C. The Bertz CT molecular complexity index is 896. The number of amides is 2. The molecule has 148 valence electrons. The maximum atomic E-state index is 12.9. The van der Waals surface area contributed by atoms with E-state index < -0.39 is 6.04 Å². The molecule has 1 heterocycles. The summed E-state index contributed by atoms with van der Waals surface area (Å²) < 4.78 is 1.88. The fraction of sp³-hybridized carbons (Fsp3) is 0.500. The summed E-state index contributed by atoms with van der Waals surface area (Å²) in [6, 6.07) is 11.2. The fourth-order valence-electron chi connectivity index (χ4n) is 4.10. The van der Waals surface area contributed by atoms with E-state index in [1.54, 1.807) is 0 Å². The van der Waals surface area contributed by atoms with Crippen molar-refractivity contribution in [1.29, 1.82) is 5.26 Å². The number of rotatable bonds is 6. The predicted octanol–water partition coefficient (Wildman–Crippen LogP) is 3.28. The molecule has 0 unspecified atom stereocenters. The number of carbonyl (C=O) groups is 2. The highest BCUT2D eigenvalue weighted by Gasteiger charge is 2.33. The largest absolute Gasteiger partial charge is 0.347 e. The number of carbonyl (C=O) groups excluding carboxylic acids is 2. The first kappa shape index (κ1) is 19.9. The Morgan fingerprint density at radius 2 is 2.04 bits per heavy atom. The maximum Gasteiger partial charge on any atom is 0.268 e. The summed E-state index contributed by atoms with van der Waals surface area (Å²) in [5.74, 6) is -0.573. The predicted molar refractivity (Wildman–Crippen MR) is 109 cm³/mol. The average Bonchev–Trinajstić information content (AvgIpc) is 3.05. The summed E-state index contributed by atoms with van der Waals surface area (Å²) in [6.07, 6.45) is 4.94. The molecule has 0 radical (unpaired) electrons. The molecule has 2 N–H and O–H groups in total. The van der Waals surface area contributed by atoms with E-state index in [-0.39, 0.29) is 23.8 Å². The molecule has 2 aromatic rings. The molecule has 6 nitrogen and oxygen atoms in total. The van der Waals surface area contributed by atoms with Crippen LogP contribution in [-0.2, 0) is 11.8 Å². The third kappa shape index (κ3) is 4.19. The van der Waals surface area contributed by atoms with Gasteiger partial charge in [-0.2, -0.15) is 5.26 Å². The zero-order chi connectivity index (χ0) is 20.1. The summed E-state index contributed by atoms with van der Waals surface area (Å²) in [5.41, 5.74) is 1.59. The monoisotopic (exact) mass is 380 g/mol. The van der Waals surface area contributed by atoms with Gasteiger partial charge in [-0.3, -0.25) is 9.59 Å². The number of nitrogens with one attached hydrogen (secondary N) is 2. The highest BCUT2D eigenvalue weighted by atomic mass is 16.2. The van der Waals surface area contributed by atoms with Crippen molar-refractivity contribution in [1.82, 2.24) is 15.2 Å². The van der Waals surface area contributed by atoms with Gasteiger partial charge in [-0.25, -0.2) is 0 Å². The van der Waals surface area contributed by atoms with Crippen molar-refractivity contribution in [2.24, 2.45) is 13.0 Å². The molecule has 6 heteroatoms. The number of fused-ring (bicyclic) bond motifs is 1. The van der Waals surface area contributed by atoms with Crippen molar-refractivity contribution < 1.29 is 9.59 Å². The summed E-state index contributed by atoms with van der Waals surface area (Å²) in [5, 5.41) is 16.2. The summed E-state index contributed by atoms with van der Waals surface area (Å²) in [7, 11) is 1.88. The molecule has 0 saturated heterocycles. The molecule has 1 aliphatic rings. The van der Waals surface area contributed by atoms with Crippen LogP contribution in [0.2, 0.25) is 0 Å². The van der Waals surface area contributed by atoms with Gasteiger partial charge in [0.25, 0.3) is 5.91 Å². The number of benzene rings is 1. The van der Waals surface area contributed by atoms with E-state index in [0.29, 0.717) is 12.1 Å². The van der Waals surface area contributed by atoms with Crippen LogP contribution >= 0.6 is 0 Å². The number of aryl methyl sites for hydroxylation is 1. The molecular weight excluding hydrogens is 352 g/mol. The number of nitrogens with zero attached hydrogens (tertiary/aromatic N) is 2.